The maximum atomic E-state index is 15.5. The van der Waals surface area contributed by atoms with Crippen LogP contribution in [0.1, 0.15) is 45.7 Å². The van der Waals surface area contributed by atoms with Gasteiger partial charge in [-0.1, -0.05) is 12.1 Å². The van der Waals surface area contributed by atoms with Crippen molar-refractivity contribution in [3.63, 3.8) is 0 Å². The number of hydrogen-bond acceptors (Lipinski definition) is 7. The summed E-state index contributed by atoms with van der Waals surface area (Å²) in [6.45, 7) is 1.12. The van der Waals surface area contributed by atoms with Gasteiger partial charge in [0.05, 0.1) is 52.7 Å². The first-order chi connectivity index (χ1) is 21.3. The molecule has 2 aliphatic heterocycles. The molecule has 0 amide bonds. The van der Waals surface area contributed by atoms with Gasteiger partial charge < -0.3 is 19.1 Å². The molecule has 4 heterocycles. The maximum absolute atomic E-state index is 15.5. The van der Waals surface area contributed by atoms with Crippen molar-refractivity contribution in [2.24, 2.45) is 5.92 Å². The van der Waals surface area contributed by atoms with Gasteiger partial charge in [-0.3, -0.25) is 0 Å². The molecule has 9 nitrogen and oxygen atoms in total. The van der Waals surface area contributed by atoms with E-state index in [0.717, 1.165) is 25.5 Å². The Hall–Kier alpha value is -5.21. The molecule has 1 N–H and O–H groups in total. The predicted molar refractivity (Wildman–Crippen MR) is 154 cm³/mol. The lowest BCUT2D eigenvalue weighted by Crippen LogP contribution is -2.41. The number of nitriles is 1. The van der Waals surface area contributed by atoms with Crippen molar-refractivity contribution in [2.75, 3.05) is 6.61 Å². The Balaban J connectivity index is 1.13. The first-order valence-electron chi connectivity index (χ1n) is 14.1. The Kier molecular flexibility index (Phi) is 6.78. The zero-order valence-corrected chi connectivity index (χ0v) is 23.3. The minimum atomic E-state index is -1.02. The lowest BCUT2D eigenvalue weighted by molar-refractivity contribution is -0.0132. The molecule has 8 rings (SSSR count). The third kappa shape index (κ3) is 5.14. The molecule has 2 aromatic heterocycles. The highest BCUT2D eigenvalue weighted by Crippen LogP contribution is 2.49. The van der Waals surface area contributed by atoms with Gasteiger partial charge in [-0.15, -0.1) is 0 Å². The fourth-order valence-electron chi connectivity index (χ4n) is 6.10. The van der Waals surface area contributed by atoms with Crippen LogP contribution in [-0.4, -0.2) is 42.8 Å². The fraction of sp³-hybridized carbons (Fsp3) is 0.242. The van der Waals surface area contributed by atoms with Crippen molar-refractivity contribution >= 4 is 17.0 Å². The number of carboxylic acids is 1. The van der Waals surface area contributed by atoms with Crippen molar-refractivity contribution in [1.29, 1.82) is 5.26 Å². The molecule has 2 saturated heterocycles. The summed E-state index contributed by atoms with van der Waals surface area (Å²) >= 11 is 0. The Morgan fingerprint density at radius 1 is 1.09 bits per heavy atom. The number of aromatic nitrogens is 4. The molecule has 3 aromatic carbocycles. The molecule has 0 spiro atoms. The second-order valence-electron chi connectivity index (χ2n) is 11.3. The summed E-state index contributed by atoms with van der Waals surface area (Å²) in [5, 5.41) is 18.5. The van der Waals surface area contributed by atoms with Crippen molar-refractivity contribution in [3.8, 4) is 23.3 Å². The summed E-state index contributed by atoms with van der Waals surface area (Å²) in [6, 6.07) is 17.2. The molecule has 3 fully saturated rings. The lowest BCUT2D eigenvalue weighted by atomic mass is 9.74. The van der Waals surface area contributed by atoms with E-state index in [1.807, 2.05) is 10.6 Å². The summed E-state index contributed by atoms with van der Waals surface area (Å²) in [5.41, 5.74) is 2.92. The highest BCUT2D eigenvalue weighted by atomic mass is 19.1. The largest absolute Gasteiger partial charge is 0.478 e. The Labute approximate surface area is 250 Å². The van der Waals surface area contributed by atoms with Crippen LogP contribution in [0.4, 0.5) is 8.78 Å². The van der Waals surface area contributed by atoms with Gasteiger partial charge >= 0.3 is 12.0 Å². The van der Waals surface area contributed by atoms with Crippen LogP contribution < -0.4 is 4.74 Å². The first-order valence-corrected chi connectivity index (χ1v) is 14.1. The minimum absolute atomic E-state index is 0.0454. The van der Waals surface area contributed by atoms with Crippen LogP contribution in [0.3, 0.4) is 0 Å². The zero-order valence-electron chi connectivity index (χ0n) is 23.3. The highest BCUT2D eigenvalue weighted by molar-refractivity contribution is 5.92. The quantitative estimate of drug-likeness (QED) is 0.231. The number of imidazole rings is 1. The molecule has 3 aliphatic rings. The molecule has 220 valence electrons. The summed E-state index contributed by atoms with van der Waals surface area (Å²) in [4.78, 5) is 24.8. The van der Waals surface area contributed by atoms with E-state index in [9.17, 15) is 14.3 Å². The van der Waals surface area contributed by atoms with Crippen LogP contribution in [0.15, 0.2) is 66.9 Å². The van der Waals surface area contributed by atoms with Crippen molar-refractivity contribution in [3.05, 3.63) is 107 Å². The normalized spacial score (nSPS) is 18.6. The van der Waals surface area contributed by atoms with Crippen molar-refractivity contribution in [2.45, 2.75) is 38.0 Å². The van der Waals surface area contributed by atoms with E-state index in [-0.39, 0.29) is 40.5 Å². The highest BCUT2D eigenvalue weighted by Gasteiger charge is 2.52. The number of benzene rings is 3. The molecule has 44 heavy (non-hydrogen) atoms. The van der Waals surface area contributed by atoms with Crippen LogP contribution in [0.5, 0.6) is 6.01 Å². The number of carbonyl (C=O) groups is 1. The van der Waals surface area contributed by atoms with E-state index in [2.05, 4.69) is 9.97 Å². The standard InChI is InChI=1S/C33H25F2N5O4/c34-25-10-20(15-36)1-3-23(25)17-43-32-37-8-7-27(39-32)24-5-2-19(9-26(24)35)11-30-38-28-6-4-22(31(41)42)12-29(28)40(30)18-33-13-21(14-33)16-44-33/h1-10,12,21H,11,13-14,16-18H2,(H,41,42). The van der Waals surface area contributed by atoms with Crippen molar-refractivity contribution < 1.29 is 28.2 Å². The minimum Gasteiger partial charge on any atom is -0.478 e. The van der Waals surface area contributed by atoms with E-state index in [1.165, 1.54) is 30.5 Å². The number of aromatic carboxylic acids is 1. The van der Waals surface area contributed by atoms with E-state index in [0.29, 0.717) is 47.0 Å². The Bertz CT molecular complexity index is 1970. The monoisotopic (exact) mass is 593 g/mol. The SMILES string of the molecule is N#Cc1ccc(COc2nccc(-c3ccc(Cc4nc5ccc(C(=O)O)cc5n4CC45CC(CO4)C5)cc3F)n2)c(F)c1. The van der Waals surface area contributed by atoms with Gasteiger partial charge in [0.2, 0.25) is 0 Å². The maximum Gasteiger partial charge on any atom is 0.335 e. The first kappa shape index (κ1) is 27.6. The van der Waals surface area contributed by atoms with Crippen LogP contribution >= 0.6 is 0 Å². The molecule has 11 heteroatoms. The number of rotatable bonds is 9. The van der Waals surface area contributed by atoms with Gasteiger partial charge in [0.25, 0.3) is 0 Å². The summed E-state index contributed by atoms with van der Waals surface area (Å²) in [5.74, 6) is -0.840. The zero-order chi connectivity index (χ0) is 30.4. The van der Waals surface area contributed by atoms with E-state index < -0.39 is 17.6 Å². The van der Waals surface area contributed by atoms with Crippen LogP contribution in [0, 0.1) is 28.9 Å². The second-order valence-corrected chi connectivity index (χ2v) is 11.3. The molecule has 0 radical (unpaired) electrons. The van der Waals surface area contributed by atoms with Gasteiger partial charge in [-0.2, -0.15) is 10.2 Å². The van der Waals surface area contributed by atoms with E-state index >= 15 is 4.39 Å². The molecular weight excluding hydrogens is 568 g/mol. The molecular formula is C33H25F2N5O4. The van der Waals surface area contributed by atoms with Crippen molar-refractivity contribution in [1.82, 2.24) is 19.5 Å². The van der Waals surface area contributed by atoms with Crippen LogP contribution in [0.2, 0.25) is 0 Å². The fourth-order valence-corrected chi connectivity index (χ4v) is 6.10. The van der Waals surface area contributed by atoms with Crippen LogP contribution in [0.25, 0.3) is 22.3 Å². The van der Waals surface area contributed by atoms with E-state index in [4.69, 9.17) is 19.7 Å². The predicted octanol–water partition coefficient (Wildman–Crippen LogP) is 5.69. The van der Waals surface area contributed by atoms with Gasteiger partial charge in [0.15, 0.2) is 0 Å². The number of hydrogen-bond donors (Lipinski definition) is 1. The number of carboxylic acid groups (broad SMARTS) is 1. The Morgan fingerprint density at radius 3 is 2.68 bits per heavy atom. The number of nitrogens with zero attached hydrogens (tertiary/aromatic N) is 5. The van der Waals surface area contributed by atoms with Gasteiger partial charge in [0.1, 0.15) is 24.1 Å². The third-order valence-electron chi connectivity index (χ3n) is 8.31. The number of ether oxygens (including phenoxy) is 2. The van der Waals surface area contributed by atoms with Gasteiger partial charge in [0, 0.05) is 23.7 Å². The molecule has 0 atom stereocenters. The topological polar surface area (TPSA) is 123 Å². The number of fused-ring (bicyclic) bond motifs is 2. The smallest absolute Gasteiger partial charge is 0.335 e. The average Bonchev–Trinajstić information content (AvgIpc) is 3.70. The summed E-state index contributed by atoms with van der Waals surface area (Å²) in [6.07, 6.45) is 3.67. The molecule has 1 aliphatic carbocycles. The summed E-state index contributed by atoms with van der Waals surface area (Å²) in [7, 11) is 0. The average molecular weight is 594 g/mol. The third-order valence-corrected chi connectivity index (χ3v) is 8.31. The molecule has 2 bridgehead atoms. The molecule has 0 unspecified atom stereocenters. The number of halogens is 2. The summed E-state index contributed by atoms with van der Waals surface area (Å²) < 4.78 is 43.4. The molecule has 5 aromatic rings. The Morgan fingerprint density at radius 2 is 1.95 bits per heavy atom. The van der Waals surface area contributed by atoms with Gasteiger partial charge in [-0.05, 0) is 72.9 Å². The lowest BCUT2D eigenvalue weighted by Gasteiger charge is -2.36. The van der Waals surface area contributed by atoms with E-state index in [1.54, 1.807) is 30.3 Å². The van der Waals surface area contributed by atoms with Crippen LogP contribution in [-0.2, 0) is 24.3 Å². The second kappa shape index (κ2) is 10.8. The molecule has 1 saturated carbocycles. The van der Waals surface area contributed by atoms with Gasteiger partial charge in [-0.25, -0.2) is 23.5 Å².